The summed E-state index contributed by atoms with van der Waals surface area (Å²) < 4.78 is 136. The van der Waals surface area contributed by atoms with E-state index in [1.807, 2.05) is 0 Å². The van der Waals surface area contributed by atoms with Gasteiger partial charge >= 0.3 is 5.97 Å². The first-order valence-corrected chi connectivity index (χ1v) is 7.37. The normalized spacial score (nSPS) is 14.2. The summed E-state index contributed by atoms with van der Waals surface area (Å²) in [6.07, 6.45) is -10.2. The van der Waals surface area contributed by atoms with E-state index in [1.54, 1.807) is 0 Å². The maximum atomic E-state index is 13.5. The van der Waals surface area contributed by atoms with E-state index in [0.717, 1.165) is 6.92 Å². The Labute approximate surface area is 148 Å². The van der Waals surface area contributed by atoms with Crippen molar-refractivity contribution in [2.75, 3.05) is 6.61 Å². The van der Waals surface area contributed by atoms with Gasteiger partial charge in [-0.1, -0.05) is 6.58 Å². The van der Waals surface area contributed by atoms with E-state index < -0.39 is 67.9 Å². The standard InChI is InChI=1S/C15H18F10O2/c1-9(2)10(26)27-8-15(24,25)7-14(22,23)6-13(20,21)5-12(18,19)4-11(3,16)17/h1,4-8H2,2-3H3. The molecule has 0 amide bonds. The van der Waals surface area contributed by atoms with Crippen LogP contribution in [0.4, 0.5) is 43.9 Å². The summed E-state index contributed by atoms with van der Waals surface area (Å²) in [5, 5.41) is 0. The fourth-order valence-corrected chi connectivity index (χ4v) is 2.12. The molecule has 0 aliphatic carbocycles. The van der Waals surface area contributed by atoms with Gasteiger partial charge in [-0.25, -0.2) is 48.7 Å². The van der Waals surface area contributed by atoms with Crippen molar-refractivity contribution in [2.24, 2.45) is 0 Å². The predicted octanol–water partition coefficient (Wildman–Crippen LogP) is 5.86. The summed E-state index contributed by atoms with van der Waals surface area (Å²) in [6.45, 7) is 2.29. The number of hydrogen-bond acceptors (Lipinski definition) is 2. The van der Waals surface area contributed by atoms with Crippen LogP contribution >= 0.6 is 0 Å². The van der Waals surface area contributed by atoms with Gasteiger partial charge in [-0.15, -0.1) is 0 Å². The van der Waals surface area contributed by atoms with Crippen molar-refractivity contribution in [2.45, 2.75) is 69.1 Å². The molecule has 0 aliphatic rings. The number of ether oxygens (including phenoxy) is 1. The lowest BCUT2D eigenvalue weighted by Crippen LogP contribution is -2.40. The van der Waals surface area contributed by atoms with E-state index in [2.05, 4.69) is 11.3 Å². The molecule has 0 atom stereocenters. The van der Waals surface area contributed by atoms with Crippen LogP contribution in [-0.2, 0) is 9.53 Å². The molecule has 0 rings (SSSR count). The Bertz CT molecular complexity index is 537. The second kappa shape index (κ2) is 8.26. The highest BCUT2D eigenvalue weighted by molar-refractivity contribution is 5.86. The topological polar surface area (TPSA) is 26.3 Å². The summed E-state index contributed by atoms with van der Waals surface area (Å²) >= 11 is 0. The Morgan fingerprint density at radius 1 is 0.741 bits per heavy atom. The van der Waals surface area contributed by atoms with Gasteiger partial charge in [0.1, 0.15) is 0 Å². The van der Waals surface area contributed by atoms with Crippen molar-refractivity contribution in [3.05, 3.63) is 12.2 Å². The predicted molar refractivity (Wildman–Crippen MR) is 74.7 cm³/mol. The monoisotopic (exact) mass is 420 g/mol. The second-order valence-electron chi connectivity index (χ2n) is 6.56. The molecule has 12 heteroatoms. The van der Waals surface area contributed by atoms with Gasteiger partial charge in [-0.2, -0.15) is 0 Å². The number of hydrogen-bond donors (Lipinski definition) is 0. The fraction of sp³-hybridized carbons (Fsp3) is 0.800. The third-order valence-corrected chi connectivity index (χ3v) is 2.88. The lowest BCUT2D eigenvalue weighted by Gasteiger charge is -2.29. The molecule has 160 valence electrons. The van der Waals surface area contributed by atoms with Crippen molar-refractivity contribution >= 4 is 5.97 Å². The van der Waals surface area contributed by atoms with E-state index in [-0.39, 0.29) is 12.5 Å². The molecule has 0 heterocycles. The quantitative estimate of drug-likeness (QED) is 0.238. The molecule has 0 unspecified atom stereocenters. The van der Waals surface area contributed by atoms with Crippen molar-refractivity contribution in [1.82, 2.24) is 0 Å². The molecule has 0 aromatic heterocycles. The molecule has 0 spiro atoms. The molecule has 0 fully saturated rings. The Balaban J connectivity index is 4.95. The van der Waals surface area contributed by atoms with Crippen LogP contribution in [0.1, 0.15) is 39.5 Å². The van der Waals surface area contributed by atoms with Gasteiger partial charge < -0.3 is 4.74 Å². The number of alkyl halides is 10. The highest BCUT2D eigenvalue weighted by Crippen LogP contribution is 2.44. The highest BCUT2D eigenvalue weighted by Gasteiger charge is 2.54. The van der Waals surface area contributed by atoms with E-state index in [9.17, 15) is 48.7 Å². The highest BCUT2D eigenvalue weighted by atomic mass is 19.3. The minimum Gasteiger partial charge on any atom is -0.456 e. The molecule has 0 N–H and O–H groups in total. The van der Waals surface area contributed by atoms with Crippen molar-refractivity contribution in [3.63, 3.8) is 0 Å². The molecule has 0 radical (unpaired) electrons. The van der Waals surface area contributed by atoms with E-state index in [1.165, 1.54) is 0 Å². The fourth-order valence-electron chi connectivity index (χ4n) is 2.12. The first-order chi connectivity index (χ1) is 11.7. The molecule has 2 nitrogen and oxygen atoms in total. The number of carbonyl (C=O) groups is 1. The van der Waals surface area contributed by atoms with Crippen LogP contribution in [0.25, 0.3) is 0 Å². The zero-order chi connectivity index (χ0) is 21.9. The SMILES string of the molecule is C=C(C)C(=O)OCC(F)(F)CC(F)(F)CC(F)(F)CC(F)(F)CC(C)(F)F. The minimum absolute atomic E-state index is 0.0282. The average Bonchev–Trinajstić information content (AvgIpc) is 2.27. The van der Waals surface area contributed by atoms with Crippen LogP contribution in [-0.4, -0.2) is 42.2 Å². The summed E-state index contributed by atoms with van der Waals surface area (Å²) in [6, 6.07) is 0. The van der Waals surface area contributed by atoms with Gasteiger partial charge in [0, 0.05) is 5.57 Å². The molecule has 0 aromatic carbocycles. The van der Waals surface area contributed by atoms with E-state index in [4.69, 9.17) is 0 Å². The third kappa shape index (κ3) is 11.8. The minimum atomic E-state index is -4.90. The zero-order valence-corrected chi connectivity index (χ0v) is 14.3. The number of rotatable bonds is 11. The summed E-state index contributed by atoms with van der Waals surface area (Å²) in [4.78, 5) is 10.9. The van der Waals surface area contributed by atoms with Crippen LogP contribution in [0.15, 0.2) is 12.2 Å². The van der Waals surface area contributed by atoms with Crippen molar-refractivity contribution in [3.8, 4) is 0 Å². The first kappa shape index (κ1) is 25.5. The average molecular weight is 420 g/mol. The number of halogens is 10. The number of esters is 1. The van der Waals surface area contributed by atoms with Crippen LogP contribution in [0.2, 0.25) is 0 Å². The molecule has 0 saturated carbocycles. The Morgan fingerprint density at radius 3 is 1.41 bits per heavy atom. The Kier molecular flexibility index (Phi) is 7.80. The molecule has 27 heavy (non-hydrogen) atoms. The maximum absolute atomic E-state index is 13.5. The van der Waals surface area contributed by atoms with Crippen molar-refractivity contribution in [1.29, 1.82) is 0 Å². The van der Waals surface area contributed by atoms with Crippen LogP contribution < -0.4 is 0 Å². The van der Waals surface area contributed by atoms with Gasteiger partial charge in [-0.05, 0) is 13.8 Å². The van der Waals surface area contributed by atoms with Crippen LogP contribution in [0.5, 0.6) is 0 Å². The molecule has 0 aliphatic heterocycles. The summed E-state index contributed by atoms with van der Waals surface area (Å²) in [5.74, 6) is -24.2. The smallest absolute Gasteiger partial charge is 0.333 e. The molecular weight excluding hydrogens is 402 g/mol. The van der Waals surface area contributed by atoms with Crippen LogP contribution in [0, 0.1) is 0 Å². The second-order valence-corrected chi connectivity index (χ2v) is 6.56. The molecular formula is C15H18F10O2. The zero-order valence-electron chi connectivity index (χ0n) is 14.3. The Hall–Kier alpha value is -1.49. The van der Waals surface area contributed by atoms with Crippen molar-refractivity contribution < 1.29 is 53.4 Å². The summed E-state index contributed by atoms with van der Waals surface area (Å²) in [5.41, 5.74) is -0.320. The van der Waals surface area contributed by atoms with E-state index in [0.29, 0.717) is 0 Å². The van der Waals surface area contributed by atoms with Gasteiger partial charge in [0.15, 0.2) is 6.61 Å². The van der Waals surface area contributed by atoms with Crippen LogP contribution in [0.3, 0.4) is 0 Å². The first-order valence-electron chi connectivity index (χ1n) is 7.37. The lowest BCUT2D eigenvalue weighted by molar-refractivity contribution is -0.198. The van der Waals surface area contributed by atoms with E-state index >= 15 is 0 Å². The third-order valence-electron chi connectivity index (χ3n) is 2.88. The Morgan fingerprint density at radius 2 is 1.07 bits per heavy atom. The molecule has 0 saturated heterocycles. The maximum Gasteiger partial charge on any atom is 0.333 e. The lowest BCUT2D eigenvalue weighted by atomic mass is 9.96. The van der Waals surface area contributed by atoms with Gasteiger partial charge in [0.05, 0.1) is 25.7 Å². The molecule has 0 aromatic rings. The van der Waals surface area contributed by atoms with Gasteiger partial charge in [0.25, 0.3) is 29.6 Å². The number of carbonyl (C=O) groups excluding carboxylic acids is 1. The molecule has 0 bridgehead atoms. The van der Waals surface area contributed by atoms with Gasteiger partial charge in [0.2, 0.25) is 0 Å². The largest absolute Gasteiger partial charge is 0.456 e. The summed E-state index contributed by atoms with van der Waals surface area (Å²) in [7, 11) is 0. The van der Waals surface area contributed by atoms with Gasteiger partial charge in [-0.3, -0.25) is 0 Å².